The van der Waals surface area contributed by atoms with Gasteiger partial charge in [-0.3, -0.25) is 14.9 Å². The summed E-state index contributed by atoms with van der Waals surface area (Å²) in [6, 6.07) is 12.5. The Morgan fingerprint density at radius 2 is 1.81 bits per heavy atom. The van der Waals surface area contributed by atoms with Crippen molar-refractivity contribution in [3.63, 3.8) is 0 Å². The van der Waals surface area contributed by atoms with Crippen LogP contribution in [0.2, 0.25) is 0 Å². The van der Waals surface area contributed by atoms with E-state index >= 15 is 0 Å². The molecular formula is C22H22FN5O4. The smallest absolute Gasteiger partial charge is 0.292 e. The van der Waals surface area contributed by atoms with Gasteiger partial charge in [0.05, 0.1) is 4.92 Å². The van der Waals surface area contributed by atoms with Crippen LogP contribution in [-0.4, -0.2) is 52.1 Å². The SMILES string of the molecule is O=C(CCCc1nc(-c2ccc(F)cc2)no1)N1CCN(c2ccccc2[N+](=O)[O-])CC1. The predicted octanol–water partition coefficient (Wildman–Crippen LogP) is 3.46. The highest BCUT2D eigenvalue weighted by atomic mass is 19.1. The van der Waals surface area contributed by atoms with Crippen LogP contribution in [0.1, 0.15) is 18.7 Å². The van der Waals surface area contributed by atoms with Crippen LogP contribution < -0.4 is 4.90 Å². The van der Waals surface area contributed by atoms with E-state index in [0.717, 1.165) is 0 Å². The number of nitro benzene ring substituents is 1. The van der Waals surface area contributed by atoms with E-state index in [2.05, 4.69) is 10.1 Å². The maximum atomic E-state index is 13.0. The topological polar surface area (TPSA) is 106 Å². The van der Waals surface area contributed by atoms with Gasteiger partial charge in [-0.15, -0.1) is 0 Å². The van der Waals surface area contributed by atoms with Crippen molar-refractivity contribution in [3.8, 4) is 11.4 Å². The summed E-state index contributed by atoms with van der Waals surface area (Å²) in [7, 11) is 0. The molecule has 10 heteroatoms. The number of rotatable bonds is 7. The average molecular weight is 439 g/mol. The lowest BCUT2D eigenvalue weighted by Gasteiger charge is -2.35. The molecule has 1 aliphatic rings. The normalized spacial score (nSPS) is 13.9. The maximum Gasteiger partial charge on any atom is 0.292 e. The fourth-order valence-corrected chi connectivity index (χ4v) is 3.70. The van der Waals surface area contributed by atoms with Crippen LogP contribution in [0.25, 0.3) is 11.4 Å². The van der Waals surface area contributed by atoms with Gasteiger partial charge in [0.2, 0.25) is 17.6 Å². The van der Waals surface area contributed by atoms with Crippen molar-refractivity contribution < 1.29 is 18.6 Å². The summed E-state index contributed by atoms with van der Waals surface area (Å²) in [5, 5.41) is 15.2. The molecule has 1 saturated heterocycles. The fourth-order valence-electron chi connectivity index (χ4n) is 3.70. The van der Waals surface area contributed by atoms with Crippen LogP contribution in [-0.2, 0) is 11.2 Å². The molecule has 32 heavy (non-hydrogen) atoms. The number of carbonyl (C=O) groups excluding carboxylic acids is 1. The van der Waals surface area contributed by atoms with Gasteiger partial charge in [0.1, 0.15) is 11.5 Å². The molecule has 0 atom stereocenters. The van der Waals surface area contributed by atoms with Gasteiger partial charge in [0, 0.05) is 50.7 Å². The van der Waals surface area contributed by atoms with E-state index in [1.54, 1.807) is 35.2 Å². The lowest BCUT2D eigenvalue weighted by molar-refractivity contribution is -0.384. The van der Waals surface area contributed by atoms with Crippen molar-refractivity contribution >= 4 is 17.3 Å². The number of hydrogen-bond donors (Lipinski definition) is 0. The number of amides is 1. The molecule has 0 N–H and O–H groups in total. The summed E-state index contributed by atoms with van der Waals surface area (Å²) < 4.78 is 18.3. The zero-order valence-corrected chi connectivity index (χ0v) is 17.3. The molecule has 2 heterocycles. The molecule has 1 fully saturated rings. The highest BCUT2D eigenvalue weighted by molar-refractivity contribution is 5.76. The zero-order chi connectivity index (χ0) is 22.5. The summed E-state index contributed by atoms with van der Waals surface area (Å²) in [5.41, 5.74) is 1.32. The van der Waals surface area contributed by atoms with Gasteiger partial charge >= 0.3 is 0 Å². The van der Waals surface area contributed by atoms with Crippen molar-refractivity contribution in [1.29, 1.82) is 0 Å². The van der Waals surface area contributed by atoms with Crippen molar-refractivity contribution in [1.82, 2.24) is 15.0 Å². The lowest BCUT2D eigenvalue weighted by Crippen LogP contribution is -2.48. The molecule has 1 amide bonds. The number of hydrogen-bond acceptors (Lipinski definition) is 7. The number of nitrogens with zero attached hydrogens (tertiary/aromatic N) is 5. The van der Waals surface area contributed by atoms with Crippen LogP contribution >= 0.6 is 0 Å². The minimum atomic E-state index is -0.383. The number of nitro groups is 1. The van der Waals surface area contributed by atoms with Gasteiger partial charge < -0.3 is 14.3 Å². The van der Waals surface area contributed by atoms with Gasteiger partial charge in [-0.1, -0.05) is 17.3 Å². The molecule has 1 aliphatic heterocycles. The van der Waals surface area contributed by atoms with Gasteiger partial charge in [0.15, 0.2) is 0 Å². The van der Waals surface area contributed by atoms with E-state index in [1.807, 2.05) is 4.90 Å². The molecule has 166 valence electrons. The Hall–Kier alpha value is -3.82. The van der Waals surface area contributed by atoms with E-state index in [4.69, 9.17) is 4.52 Å². The number of anilines is 1. The van der Waals surface area contributed by atoms with Crippen LogP contribution in [0.15, 0.2) is 53.1 Å². The van der Waals surface area contributed by atoms with E-state index in [9.17, 15) is 19.3 Å². The quantitative estimate of drug-likeness (QED) is 0.410. The van der Waals surface area contributed by atoms with Crippen LogP contribution in [0.4, 0.5) is 15.8 Å². The largest absolute Gasteiger partial charge is 0.362 e. The first-order valence-corrected chi connectivity index (χ1v) is 10.4. The number of aromatic nitrogens is 2. The summed E-state index contributed by atoms with van der Waals surface area (Å²) in [6.45, 7) is 2.11. The molecular weight excluding hydrogens is 417 g/mol. The van der Waals surface area contributed by atoms with Crippen LogP contribution in [0.3, 0.4) is 0 Å². The average Bonchev–Trinajstić information content (AvgIpc) is 3.28. The van der Waals surface area contributed by atoms with Crippen molar-refractivity contribution in [3.05, 3.63) is 70.4 Å². The first-order chi connectivity index (χ1) is 15.5. The Morgan fingerprint density at radius 3 is 2.53 bits per heavy atom. The molecule has 0 aliphatic carbocycles. The third-order valence-corrected chi connectivity index (χ3v) is 5.40. The van der Waals surface area contributed by atoms with E-state index in [0.29, 0.717) is 68.4 Å². The fraction of sp³-hybridized carbons (Fsp3) is 0.318. The van der Waals surface area contributed by atoms with Gasteiger partial charge in [-0.2, -0.15) is 4.98 Å². The molecule has 0 unspecified atom stereocenters. The van der Waals surface area contributed by atoms with Crippen molar-refractivity contribution in [2.45, 2.75) is 19.3 Å². The molecule has 0 spiro atoms. The number of benzene rings is 2. The molecule has 1 aromatic heterocycles. The second-order valence-corrected chi connectivity index (χ2v) is 7.49. The van der Waals surface area contributed by atoms with Crippen LogP contribution in [0.5, 0.6) is 0 Å². The Bertz CT molecular complexity index is 1090. The Labute approximate surface area is 183 Å². The minimum absolute atomic E-state index is 0.0329. The second-order valence-electron chi connectivity index (χ2n) is 7.49. The maximum absolute atomic E-state index is 13.0. The van der Waals surface area contributed by atoms with Crippen molar-refractivity contribution in [2.75, 3.05) is 31.1 Å². The summed E-state index contributed by atoms with van der Waals surface area (Å²) in [5.74, 6) is 0.514. The number of aryl methyl sites for hydroxylation is 1. The third kappa shape index (κ3) is 4.90. The molecule has 4 rings (SSSR count). The molecule has 3 aromatic rings. The minimum Gasteiger partial charge on any atom is -0.362 e. The second kappa shape index (κ2) is 9.54. The predicted molar refractivity (Wildman–Crippen MR) is 115 cm³/mol. The summed E-state index contributed by atoms with van der Waals surface area (Å²) in [6.07, 6.45) is 1.38. The summed E-state index contributed by atoms with van der Waals surface area (Å²) in [4.78, 5) is 31.5. The molecule has 9 nitrogen and oxygen atoms in total. The lowest BCUT2D eigenvalue weighted by atomic mass is 10.2. The molecule has 2 aromatic carbocycles. The van der Waals surface area contributed by atoms with E-state index in [-0.39, 0.29) is 22.3 Å². The highest BCUT2D eigenvalue weighted by Crippen LogP contribution is 2.28. The standard InChI is InChI=1S/C22H22FN5O4/c23-17-10-8-16(9-11-17)22-24-20(32-25-22)6-3-7-21(29)27-14-12-26(13-15-27)18-4-1-2-5-19(18)28(30)31/h1-2,4-5,8-11H,3,6-7,12-15H2. The third-order valence-electron chi connectivity index (χ3n) is 5.40. The number of halogens is 1. The number of carbonyl (C=O) groups is 1. The Morgan fingerprint density at radius 1 is 1.09 bits per heavy atom. The number of para-hydroxylation sites is 2. The molecule has 0 saturated carbocycles. The molecule has 0 bridgehead atoms. The first kappa shape index (κ1) is 21.4. The van der Waals surface area contributed by atoms with Crippen molar-refractivity contribution in [2.24, 2.45) is 0 Å². The molecule has 0 radical (unpaired) electrons. The first-order valence-electron chi connectivity index (χ1n) is 10.4. The van der Waals surface area contributed by atoms with Gasteiger partial charge in [0.25, 0.3) is 5.69 Å². The highest BCUT2D eigenvalue weighted by Gasteiger charge is 2.25. The van der Waals surface area contributed by atoms with Crippen LogP contribution in [0, 0.1) is 15.9 Å². The monoisotopic (exact) mass is 439 g/mol. The van der Waals surface area contributed by atoms with Gasteiger partial charge in [-0.05, 0) is 36.8 Å². The van der Waals surface area contributed by atoms with Gasteiger partial charge in [-0.25, -0.2) is 4.39 Å². The summed E-state index contributed by atoms with van der Waals surface area (Å²) >= 11 is 0. The zero-order valence-electron chi connectivity index (χ0n) is 17.3. The van der Waals surface area contributed by atoms with E-state index < -0.39 is 0 Å². The Kier molecular flexibility index (Phi) is 6.39. The van der Waals surface area contributed by atoms with E-state index in [1.165, 1.54) is 18.2 Å². The Balaban J connectivity index is 1.25. The number of piperazine rings is 1.